The van der Waals surface area contributed by atoms with Crippen molar-refractivity contribution in [3.63, 3.8) is 0 Å². The molecule has 0 fully saturated rings. The van der Waals surface area contributed by atoms with Gasteiger partial charge in [-0.05, 0) is 17.2 Å². The molecule has 1 N–H and O–H groups in total. The summed E-state index contributed by atoms with van der Waals surface area (Å²) >= 11 is 1.27. The van der Waals surface area contributed by atoms with Crippen molar-refractivity contribution < 1.29 is 14.6 Å². The van der Waals surface area contributed by atoms with Crippen molar-refractivity contribution in [3.05, 3.63) is 42.5 Å². The second kappa shape index (κ2) is 5.78. The third kappa shape index (κ3) is 2.76. The van der Waals surface area contributed by atoms with Crippen molar-refractivity contribution in [2.45, 2.75) is 12.4 Å². The summed E-state index contributed by atoms with van der Waals surface area (Å²) in [4.78, 5) is 11.1. The minimum atomic E-state index is -0.949. The number of thioether (sulfide) groups is 1. The van der Waals surface area contributed by atoms with E-state index in [4.69, 9.17) is 9.84 Å². The maximum Gasteiger partial charge on any atom is 0.355 e. The Morgan fingerprint density at radius 3 is 2.72 bits per heavy atom. The Balaban J connectivity index is 2.33. The molecule has 1 atom stereocenters. The smallest absolute Gasteiger partial charge is 0.355 e. The van der Waals surface area contributed by atoms with Gasteiger partial charge in [-0.3, -0.25) is 0 Å². The fourth-order valence-electron chi connectivity index (χ4n) is 1.72. The van der Waals surface area contributed by atoms with Crippen molar-refractivity contribution in [2.24, 2.45) is 0 Å². The van der Waals surface area contributed by atoms with E-state index in [-0.39, 0.29) is 0 Å². The molecular formula is C14H14O3S. The molecular weight excluding hydrogens is 248 g/mol. The largest absolute Gasteiger partial charge is 0.478 e. The van der Waals surface area contributed by atoms with Crippen LogP contribution in [-0.2, 0) is 4.79 Å². The predicted octanol–water partition coefficient (Wildman–Crippen LogP) is 3.38. The summed E-state index contributed by atoms with van der Waals surface area (Å²) in [6.07, 6.45) is 0. The van der Waals surface area contributed by atoms with E-state index < -0.39 is 11.4 Å². The van der Waals surface area contributed by atoms with Gasteiger partial charge in [0.15, 0.2) is 0 Å². The molecule has 18 heavy (non-hydrogen) atoms. The second-order valence-electron chi connectivity index (χ2n) is 3.72. The Kier molecular flexibility index (Phi) is 4.10. The third-order valence-electron chi connectivity index (χ3n) is 2.50. The van der Waals surface area contributed by atoms with Crippen LogP contribution in [-0.4, -0.2) is 22.3 Å². The van der Waals surface area contributed by atoms with Gasteiger partial charge < -0.3 is 9.84 Å². The van der Waals surface area contributed by atoms with E-state index in [2.05, 4.69) is 0 Å². The zero-order valence-electron chi connectivity index (χ0n) is 10.00. The summed E-state index contributed by atoms with van der Waals surface area (Å²) in [7, 11) is 0. The highest BCUT2D eigenvalue weighted by atomic mass is 32.2. The van der Waals surface area contributed by atoms with E-state index in [1.165, 1.54) is 11.8 Å². The Morgan fingerprint density at radius 1 is 1.28 bits per heavy atom. The first-order valence-corrected chi connectivity index (χ1v) is 6.76. The zero-order chi connectivity index (χ0) is 13.0. The Labute approximate surface area is 110 Å². The second-order valence-corrected chi connectivity index (χ2v) is 5.06. The third-order valence-corrected chi connectivity index (χ3v) is 3.44. The number of carboxylic acid groups (broad SMARTS) is 1. The first-order chi connectivity index (χ1) is 8.72. The Morgan fingerprint density at radius 2 is 2.00 bits per heavy atom. The topological polar surface area (TPSA) is 46.5 Å². The summed E-state index contributed by atoms with van der Waals surface area (Å²) in [5.74, 6) is 0.359. The summed E-state index contributed by atoms with van der Waals surface area (Å²) in [5, 5.41) is 11.1. The van der Waals surface area contributed by atoms with Gasteiger partial charge in [-0.1, -0.05) is 43.3 Å². The highest BCUT2D eigenvalue weighted by Crippen LogP contribution is 2.28. The molecule has 0 aromatic heterocycles. The first-order valence-electron chi connectivity index (χ1n) is 5.71. The normalized spacial score (nSPS) is 12.3. The minimum absolute atomic E-state index is 0.612. The molecule has 0 bridgehead atoms. The van der Waals surface area contributed by atoms with Gasteiger partial charge in [0.25, 0.3) is 0 Å². The van der Waals surface area contributed by atoms with Gasteiger partial charge in [-0.15, -0.1) is 11.8 Å². The SMILES string of the molecule is CCSC(Oc1cccc2ccccc12)C(=O)O. The van der Waals surface area contributed by atoms with Gasteiger partial charge in [-0.25, -0.2) is 4.79 Å². The van der Waals surface area contributed by atoms with Crippen LogP contribution in [0.4, 0.5) is 0 Å². The van der Waals surface area contributed by atoms with Crippen molar-refractivity contribution in [3.8, 4) is 5.75 Å². The van der Waals surface area contributed by atoms with Gasteiger partial charge in [0.1, 0.15) is 5.75 Å². The molecule has 0 amide bonds. The molecule has 4 heteroatoms. The van der Waals surface area contributed by atoms with Crippen molar-refractivity contribution in [1.29, 1.82) is 0 Å². The number of carbonyl (C=O) groups is 1. The molecule has 0 heterocycles. The van der Waals surface area contributed by atoms with E-state index in [1.54, 1.807) is 6.07 Å². The number of ether oxygens (including phenoxy) is 1. The molecule has 2 aromatic carbocycles. The maximum atomic E-state index is 11.1. The Bertz CT molecular complexity index is 548. The number of benzene rings is 2. The molecule has 0 aliphatic rings. The lowest BCUT2D eigenvalue weighted by atomic mass is 10.1. The highest BCUT2D eigenvalue weighted by molar-refractivity contribution is 8.00. The Hall–Kier alpha value is -1.68. The molecule has 3 nitrogen and oxygen atoms in total. The van der Waals surface area contributed by atoms with E-state index in [9.17, 15) is 4.79 Å². The predicted molar refractivity (Wildman–Crippen MR) is 74.1 cm³/mol. The number of hydrogen-bond donors (Lipinski definition) is 1. The van der Waals surface area contributed by atoms with Crippen molar-refractivity contribution >= 4 is 28.5 Å². The molecule has 2 rings (SSSR count). The first kappa shape index (κ1) is 12.8. The lowest BCUT2D eigenvalue weighted by molar-refractivity contribution is -0.140. The lowest BCUT2D eigenvalue weighted by Crippen LogP contribution is -2.23. The number of aliphatic carboxylic acids is 1. The molecule has 0 aliphatic heterocycles. The summed E-state index contributed by atoms with van der Waals surface area (Å²) < 4.78 is 5.59. The van der Waals surface area contributed by atoms with Gasteiger partial charge in [-0.2, -0.15) is 0 Å². The molecule has 1 unspecified atom stereocenters. The van der Waals surface area contributed by atoms with Crippen LogP contribution in [0.3, 0.4) is 0 Å². The van der Waals surface area contributed by atoms with Crippen LogP contribution < -0.4 is 4.74 Å². The van der Waals surface area contributed by atoms with Crippen LogP contribution in [0.1, 0.15) is 6.92 Å². The van der Waals surface area contributed by atoms with Crippen LogP contribution >= 0.6 is 11.8 Å². The number of rotatable bonds is 5. The molecule has 0 radical (unpaired) electrons. The molecule has 0 saturated heterocycles. The van der Waals surface area contributed by atoms with Crippen molar-refractivity contribution in [2.75, 3.05) is 5.75 Å². The van der Waals surface area contributed by atoms with Gasteiger partial charge in [0.05, 0.1) is 0 Å². The van der Waals surface area contributed by atoms with Crippen LogP contribution in [0, 0.1) is 0 Å². The zero-order valence-corrected chi connectivity index (χ0v) is 10.8. The van der Waals surface area contributed by atoms with E-state index in [1.807, 2.05) is 43.3 Å². The van der Waals surface area contributed by atoms with Crippen LogP contribution in [0.5, 0.6) is 5.75 Å². The number of carboxylic acids is 1. The van der Waals surface area contributed by atoms with Gasteiger partial charge >= 0.3 is 5.97 Å². The highest BCUT2D eigenvalue weighted by Gasteiger charge is 2.19. The lowest BCUT2D eigenvalue weighted by Gasteiger charge is -2.15. The number of fused-ring (bicyclic) bond motifs is 1. The standard InChI is InChI=1S/C14H14O3S/c1-2-18-14(13(15)16)17-12-9-5-7-10-6-3-4-8-11(10)12/h3-9,14H,2H2,1H3,(H,15,16). The average Bonchev–Trinajstić information content (AvgIpc) is 2.38. The average molecular weight is 262 g/mol. The molecule has 2 aromatic rings. The number of hydrogen-bond acceptors (Lipinski definition) is 3. The molecule has 94 valence electrons. The molecule has 0 spiro atoms. The fraction of sp³-hybridized carbons (Fsp3) is 0.214. The summed E-state index contributed by atoms with van der Waals surface area (Å²) in [6.45, 7) is 1.91. The molecule has 0 saturated carbocycles. The molecule has 0 aliphatic carbocycles. The van der Waals surface area contributed by atoms with Crippen LogP contribution in [0.2, 0.25) is 0 Å². The quantitative estimate of drug-likeness (QED) is 0.839. The summed E-state index contributed by atoms with van der Waals surface area (Å²) in [5.41, 5.74) is -0.860. The summed E-state index contributed by atoms with van der Waals surface area (Å²) in [6, 6.07) is 13.4. The monoisotopic (exact) mass is 262 g/mol. The van der Waals surface area contributed by atoms with E-state index in [0.717, 1.165) is 10.8 Å². The minimum Gasteiger partial charge on any atom is -0.478 e. The maximum absolute atomic E-state index is 11.1. The van der Waals surface area contributed by atoms with Gasteiger partial charge in [0.2, 0.25) is 5.44 Å². The van der Waals surface area contributed by atoms with E-state index in [0.29, 0.717) is 11.5 Å². The van der Waals surface area contributed by atoms with Crippen LogP contribution in [0.15, 0.2) is 42.5 Å². The van der Waals surface area contributed by atoms with Gasteiger partial charge in [0, 0.05) is 5.39 Å². The van der Waals surface area contributed by atoms with E-state index >= 15 is 0 Å². The van der Waals surface area contributed by atoms with Crippen molar-refractivity contribution in [1.82, 2.24) is 0 Å². The fourth-order valence-corrected chi connectivity index (χ4v) is 2.34. The van der Waals surface area contributed by atoms with Crippen LogP contribution in [0.25, 0.3) is 10.8 Å².